The Bertz CT molecular complexity index is 193. The van der Waals surface area contributed by atoms with Crippen molar-refractivity contribution in [2.75, 3.05) is 12.3 Å². The van der Waals surface area contributed by atoms with E-state index < -0.39 is 27.5 Å². The average molecular weight is 430 g/mol. The minimum Gasteiger partial charge on any atom is -1.00 e. The number of rotatable bonds is 4. The van der Waals surface area contributed by atoms with Gasteiger partial charge in [-0.05, 0) is 6.42 Å². The van der Waals surface area contributed by atoms with Crippen LogP contribution in [0.25, 0.3) is 0 Å². The SMILES string of the molecule is O.O.O=P(O)(O)CCCP(=O)(O)O.[Cl-].[Cl-].[Sn+2]. The van der Waals surface area contributed by atoms with Crippen molar-refractivity contribution in [2.24, 2.45) is 0 Å². The zero-order valence-corrected chi connectivity index (χ0v) is 14.0. The van der Waals surface area contributed by atoms with Gasteiger partial charge in [0.1, 0.15) is 0 Å². The summed E-state index contributed by atoms with van der Waals surface area (Å²) in [6.07, 6.45) is -1.11. The molecule has 0 spiro atoms. The van der Waals surface area contributed by atoms with Crippen LogP contribution in [-0.4, -0.2) is 66.8 Å². The van der Waals surface area contributed by atoms with Crippen molar-refractivity contribution in [1.29, 1.82) is 0 Å². The second-order valence-electron chi connectivity index (χ2n) is 2.13. The van der Waals surface area contributed by atoms with E-state index in [0.717, 1.165) is 0 Å². The van der Waals surface area contributed by atoms with Gasteiger partial charge in [-0.25, -0.2) is 0 Å². The third-order valence-corrected chi connectivity index (χ3v) is 2.70. The summed E-state index contributed by atoms with van der Waals surface area (Å²) in [5.41, 5.74) is 0. The van der Waals surface area contributed by atoms with Crippen LogP contribution in [-0.2, 0) is 9.13 Å². The largest absolute Gasteiger partial charge is 2.00 e. The topological polar surface area (TPSA) is 178 Å². The van der Waals surface area contributed by atoms with Crippen molar-refractivity contribution in [1.82, 2.24) is 0 Å². The molecule has 0 heterocycles. The molecule has 13 heteroatoms. The molecule has 0 rings (SSSR count). The van der Waals surface area contributed by atoms with E-state index in [-0.39, 0.29) is 66.1 Å². The van der Waals surface area contributed by atoms with Gasteiger partial charge in [-0.3, -0.25) is 9.13 Å². The van der Waals surface area contributed by atoms with Crippen molar-refractivity contribution in [2.45, 2.75) is 6.42 Å². The van der Waals surface area contributed by atoms with Crippen molar-refractivity contribution in [3.05, 3.63) is 0 Å². The summed E-state index contributed by atoms with van der Waals surface area (Å²) in [4.78, 5) is 33.1. The van der Waals surface area contributed by atoms with Crippen LogP contribution in [0, 0.1) is 0 Å². The number of hydrogen-bond acceptors (Lipinski definition) is 2. The molecule has 0 aliphatic carbocycles. The van der Waals surface area contributed by atoms with Gasteiger partial charge in [0, 0.05) is 0 Å². The van der Waals surface area contributed by atoms with E-state index in [9.17, 15) is 9.13 Å². The fourth-order valence-corrected chi connectivity index (χ4v) is 1.87. The van der Waals surface area contributed by atoms with E-state index in [0.29, 0.717) is 0 Å². The van der Waals surface area contributed by atoms with Crippen molar-refractivity contribution in [3.63, 3.8) is 0 Å². The Balaban J connectivity index is -0.0000000500. The summed E-state index contributed by atoms with van der Waals surface area (Å²) in [6, 6.07) is 0. The molecule has 0 aliphatic heterocycles. The Hall–Kier alpha value is 1.60. The molecule has 0 aromatic rings. The van der Waals surface area contributed by atoms with Gasteiger partial charge < -0.3 is 55.3 Å². The molecule has 0 bridgehead atoms. The van der Waals surface area contributed by atoms with Gasteiger partial charge in [0.25, 0.3) is 0 Å². The molecule has 102 valence electrons. The van der Waals surface area contributed by atoms with Gasteiger partial charge in [0.05, 0.1) is 12.3 Å². The molecule has 8 nitrogen and oxygen atoms in total. The Morgan fingerprint density at radius 3 is 1.06 bits per heavy atom. The van der Waals surface area contributed by atoms with Crippen molar-refractivity contribution in [3.8, 4) is 0 Å². The Kier molecular flexibility index (Phi) is 33.0. The van der Waals surface area contributed by atoms with E-state index in [1.807, 2.05) is 0 Å². The van der Waals surface area contributed by atoms with Crippen LogP contribution >= 0.6 is 15.2 Å². The fraction of sp³-hybridized carbons (Fsp3) is 1.00. The van der Waals surface area contributed by atoms with Gasteiger partial charge in [0.15, 0.2) is 0 Å². The zero-order valence-electron chi connectivity index (χ0n) is 7.88. The van der Waals surface area contributed by atoms with Crippen LogP contribution in [0.4, 0.5) is 0 Å². The predicted molar refractivity (Wildman–Crippen MR) is 51.4 cm³/mol. The second kappa shape index (κ2) is 14.7. The quantitative estimate of drug-likeness (QED) is 0.254. The first-order valence-corrected chi connectivity index (χ1v) is 6.39. The molecule has 16 heavy (non-hydrogen) atoms. The van der Waals surface area contributed by atoms with Crippen LogP contribution < -0.4 is 24.8 Å². The van der Waals surface area contributed by atoms with Crippen molar-refractivity contribution >= 4 is 39.1 Å². The summed E-state index contributed by atoms with van der Waals surface area (Å²) in [5, 5.41) is 0. The Morgan fingerprint density at radius 2 is 0.938 bits per heavy atom. The third kappa shape index (κ3) is 36.1. The van der Waals surface area contributed by atoms with Crippen LogP contribution in [0.2, 0.25) is 0 Å². The third-order valence-electron chi connectivity index (χ3n) is 0.899. The first kappa shape index (κ1) is 36.0. The van der Waals surface area contributed by atoms with E-state index in [2.05, 4.69) is 0 Å². The van der Waals surface area contributed by atoms with Crippen LogP contribution in [0.3, 0.4) is 0 Å². The first-order valence-electron chi connectivity index (χ1n) is 2.80. The summed E-state index contributed by atoms with van der Waals surface area (Å²) in [6.45, 7) is 0. The van der Waals surface area contributed by atoms with Gasteiger partial charge in [-0.1, -0.05) is 0 Å². The van der Waals surface area contributed by atoms with Gasteiger partial charge in [0.2, 0.25) is 0 Å². The molecule has 0 aliphatic rings. The van der Waals surface area contributed by atoms with Gasteiger partial charge in [-0.15, -0.1) is 0 Å². The summed E-state index contributed by atoms with van der Waals surface area (Å²) < 4.78 is 20.3. The Labute approximate surface area is 122 Å². The van der Waals surface area contributed by atoms with Crippen molar-refractivity contribution < 1.29 is 64.5 Å². The maximum absolute atomic E-state index is 10.2. The molecule has 8 N–H and O–H groups in total. The van der Waals surface area contributed by atoms with E-state index >= 15 is 0 Å². The number of halogens is 2. The summed E-state index contributed by atoms with van der Waals surface area (Å²) >= 11 is 0. The summed E-state index contributed by atoms with van der Waals surface area (Å²) in [5.74, 6) is 0. The summed E-state index contributed by atoms with van der Waals surface area (Å²) in [7, 11) is -8.19. The molecular formula is C3H14Cl2O8P2Sn. The molecule has 0 amide bonds. The van der Waals surface area contributed by atoms with Gasteiger partial charge >= 0.3 is 39.1 Å². The average Bonchev–Trinajstić information content (AvgIpc) is 1.55. The minimum absolute atomic E-state index is 0. The molecule has 0 unspecified atom stereocenters. The molecule has 0 aromatic heterocycles. The smallest absolute Gasteiger partial charge is 1.00 e. The second-order valence-corrected chi connectivity index (χ2v) is 5.68. The zero-order chi connectivity index (χ0) is 9.12. The van der Waals surface area contributed by atoms with E-state index in [1.165, 1.54) is 0 Å². The van der Waals surface area contributed by atoms with Crippen LogP contribution in [0.5, 0.6) is 0 Å². The van der Waals surface area contributed by atoms with Crippen LogP contribution in [0.1, 0.15) is 6.42 Å². The molecule has 0 fully saturated rings. The minimum atomic E-state index is -4.10. The molecule has 2 radical (unpaired) electrons. The number of hydrogen-bond donors (Lipinski definition) is 4. The molecule has 0 atom stereocenters. The maximum Gasteiger partial charge on any atom is 2.00 e. The molecular weight excluding hydrogens is 416 g/mol. The Morgan fingerprint density at radius 1 is 0.750 bits per heavy atom. The standard InChI is InChI=1S/C3H10O6P2.2ClH.2H2O.Sn/c4-10(5,6)2-1-3-11(7,8)9;;;;;/h1-3H2,(H2,4,5,6)(H2,7,8,9);2*1H;2*1H2;/q;;;;;+2/p-2. The first-order chi connectivity index (χ1) is 4.71. The van der Waals surface area contributed by atoms with E-state index in [1.54, 1.807) is 0 Å². The monoisotopic (exact) mass is 430 g/mol. The van der Waals surface area contributed by atoms with Gasteiger partial charge in [-0.2, -0.15) is 0 Å². The van der Waals surface area contributed by atoms with Crippen LogP contribution in [0.15, 0.2) is 0 Å². The molecule has 0 aromatic carbocycles. The predicted octanol–water partition coefficient (Wildman–Crippen LogP) is -8.29. The van der Waals surface area contributed by atoms with E-state index in [4.69, 9.17) is 19.6 Å². The fourth-order valence-electron chi connectivity index (χ4n) is 0.483. The molecule has 0 saturated heterocycles. The maximum atomic E-state index is 10.2. The molecule has 0 saturated carbocycles. The normalized spacial score (nSPS) is 9.25.